The Balaban J connectivity index is 1.62. The highest BCUT2D eigenvalue weighted by atomic mass is 16.5. The molecule has 0 aromatic carbocycles. The van der Waals surface area contributed by atoms with E-state index in [0.29, 0.717) is 30.6 Å². The third-order valence-corrected chi connectivity index (χ3v) is 3.95. The lowest BCUT2D eigenvalue weighted by Gasteiger charge is -2.22. The van der Waals surface area contributed by atoms with Crippen LogP contribution in [0.15, 0.2) is 4.52 Å². The van der Waals surface area contributed by atoms with Gasteiger partial charge in [-0.15, -0.1) is 0 Å². The number of likely N-dealkylation sites (tertiary alicyclic amines) is 1. The van der Waals surface area contributed by atoms with Crippen molar-refractivity contribution in [2.24, 2.45) is 5.92 Å². The fraction of sp³-hybridized carbons (Fsp3) is 0.625. The first-order valence-corrected chi connectivity index (χ1v) is 8.02. The van der Waals surface area contributed by atoms with Crippen LogP contribution in [-0.4, -0.2) is 39.4 Å². The summed E-state index contributed by atoms with van der Waals surface area (Å²) >= 11 is 0. The largest absolute Gasteiger partial charge is 0.337 e. The van der Waals surface area contributed by atoms with E-state index in [2.05, 4.69) is 27.3 Å². The molecule has 1 atom stereocenters. The van der Waals surface area contributed by atoms with Gasteiger partial charge in [-0.25, -0.2) is 0 Å². The molecule has 1 aromatic heterocycles. The minimum atomic E-state index is -0.525. The highest BCUT2D eigenvalue weighted by Crippen LogP contribution is 2.27. The van der Waals surface area contributed by atoms with Gasteiger partial charge in [0, 0.05) is 12.5 Å². The van der Waals surface area contributed by atoms with E-state index in [0.717, 1.165) is 25.7 Å². The van der Waals surface area contributed by atoms with Gasteiger partial charge in [0.05, 0.1) is 0 Å². The summed E-state index contributed by atoms with van der Waals surface area (Å²) in [6.45, 7) is 2.64. The third kappa shape index (κ3) is 4.31. The second-order valence-corrected chi connectivity index (χ2v) is 6.06. The van der Waals surface area contributed by atoms with Crippen LogP contribution in [-0.2, 0) is 16.1 Å². The van der Waals surface area contributed by atoms with Crippen molar-refractivity contribution in [1.29, 1.82) is 0 Å². The summed E-state index contributed by atoms with van der Waals surface area (Å²) in [4.78, 5) is 30.3. The Morgan fingerprint density at radius 3 is 2.91 bits per heavy atom. The number of amides is 2. The van der Waals surface area contributed by atoms with Crippen molar-refractivity contribution in [2.45, 2.75) is 51.6 Å². The monoisotopic (exact) mass is 316 g/mol. The molecule has 3 rings (SSSR count). The second kappa shape index (κ2) is 6.82. The van der Waals surface area contributed by atoms with Crippen LogP contribution in [0, 0.1) is 24.7 Å². The number of carbonyl (C=O) groups is 2. The first kappa shape index (κ1) is 15.5. The zero-order chi connectivity index (χ0) is 16.2. The maximum absolute atomic E-state index is 12.6. The Kier molecular flexibility index (Phi) is 4.60. The molecule has 2 amide bonds. The van der Waals surface area contributed by atoms with Gasteiger partial charge in [-0.2, -0.15) is 4.98 Å². The third-order valence-electron chi connectivity index (χ3n) is 3.95. The van der Waals surface area contributed by atoms with Gasteiger partial charge in [-0.3, -0.25) is 9.59 Å². The number of hydrogen-bond donors (Lipinski definition) is 1. The van der Waals surface area contributed by atoms with Gasteiger partial charge in [0.2, 0.25) is 11.8 Å². The van der Waals surface area contributed by atoms with E-state index in [1.165, 1.54) is 0 Å². The fourth-order valence-corrected chi connectivity index (χ4v) is 2.55. The molecule has 122 valence electrons. The van der Waals surface area contributed by atoms with Crippen LogP contribution < -0.4 is 5.32 Å². The van der Waals surface area contributed by atoms with Gasteiger partial charge in [-0.1, -0.05) is 11.1 Å². The molecule has 0 bridgehead atoms. The first-order valence-electron chi connectivity index (χ1n) is 8.02. The van der Waals surface area contributed by atoms with E-state index in [-0.39, 0.29) is 18.4 Å². The summed E-state index contributed by atoms with van der Waals surface area (Å²) in [5.74, 6) is 6.34. The molecule has 1 aliphatic heterocycles. The van der Waals surface area contributed by atoms with Crippen molar-refractivity contribution < 1.29 is 14.1 Å². The normalized spacial score (nSPS) is 21.3. The first-order chi connectivity index (χ1) is 11.1. The summed E-state index contributed by atoms with van der Waals surface area (Å²) in [6.07, 6.45) is 4.54. The number of aromatic nitrogens is 2. The highest BCUT2D eigenvalue weighted by molar-refractivity contribution is 5.97. The quantitative estimate of drug-likeness (QED) is 0.833. The zero-order valence-corrected chi connectivity index (χ0v) is 13.2. The zero-order valence-electron chi connectivity index (χ0n) is 13.2. The van der Waals surface area contributed by atoms with Crippen LogP contribution in [0.5, 0.6) is 0 Å². The summed E-state index contributed by atoms with van der Waals surface area (Å²) in [5, 5.41) is 6.47. The van der Waals surface area contributed by atoms with Gasteiger partial charge >= 0.3 is 0 Å². The molecule has 23 heavy (non-hydrogen) atoms. The number of nitrogens with zero attached hydrogens (tertiary/aromatic N) is 3. The Hall–Kier alpha value is -2.36. The van der Waals surface area contributed by atoms with Crippen molar-refractivity contribution in [1.82, 2.24) is 20.4 Å². The van der Waals surface area contributed by atoms with Crippen molar-refractivity contribution in [3.05, 3.63) is 11.7 Å². The molecule has 0 spiro atoms. The average molecular weight is 316 g/mol. The number of hydrogen-bond acceptors (Lipinski definition) is 5. The molecule has 7 heteroatoms. The van der Waals surface area contributed by atoms with Gasteiger partial charge in [0.1, 0.15) is 12.6 Å². The van der Waals surface area contributed by atoms with Gasteiger partial charge in [0.15, 0.2) is 5.82 Å². The van der Waals surface area contributed by atoms with Crippen LogP contribution in [0.4, 0.5) is 0 Å². The molecule has 1 unspecified atom stereocenters. The maximum Gasteiger partial charge on any atom is 0.296 e. The van der Waals surface area contributed by atoms with Crippen molar-refractivity contribution in [3.8, 4) is 11.8 Å². The van der Waals surface area contributed by atoms with Gasteiger partial charge < -0.3 is 14.7 Å². The van der Waals surface area contributed by atoms with E-state index in [1.807, 2.05) is 0 Å². The smallest absolute Gasteiger partial charge is 0.296 e. The Labute approximate surface area is 134 Å². The molecule has 2 fully saturated rings. The summed E-state index contributed by atoms with van der Waals surface area (Å²) in [5.41, 5.74) is 0. The van der Waals surface area contributed by atoms with Crippen LogP contribution in [0.1, 0.15) is 43.8 Å². The highest BCUT2D eigenvalue weighted by Gasteiger charge is 2.29. The van der Waals surface area contributed by atoms with Crippen LogP contribution in [0.3, 0.4) is 0 Å². The van der Waals surface area contributed by atoms with E-state index in [4.69, 9.17) is 4.52 Å². The molecule has 2 heterocycles. The molecule has 1 saturated carbocycles. The molecule has 1 aromatic rings. The Morgan fingerprint density at radius 1 is 1.39 bits per heavy atom. The summed E-state index contributed by atoms with van der Waals surface area (Å²) in [7, 11) is 0. The minimum absolute atomic E-state index is 0.111. The predicted octanol–water partition coefficient (Wildman–Crippen LogP) is 0.789. The summed E-state index contributed by atoms with van der Waals surface area (Å²) < 4.78 is 5.08. The van der Waals surface area contributed by atoms with E-state index < -0.39 is 6.04 Å². The number of carbonyl (C=O) groups excluding carboxylic acids is 2. The minimum Gasteiger partial charge on any atom is -0.337 e. The fourth-order valence-electron chi connectivity index (χ4n) is 2.55. The molecule has 7 nitrogen and oxygen atoms in total. The van der Waals surface area contributed by atoms with Crippen LogP contribution >= 0.6 is 0 Å². The average Bonchev–Trinajstić information content (AvgIpc) is 3.29. The summed E-state index contributed by atoms with van der Waals surface area (Å²) in [6, 6.07) is -0.525. The molecule has 1 aliphatic carbocycles. The Bertz CT molecular complexity index is 654. The number of aryl methyl sites for hydroxylation is 1. The van der Waals surface area contributed by atoms with Gasteiger partial charge in [0.25, 0.3) is 5.91 Å². The van der Waals surface area contributed by atoms with Crippen molar-refractivity contribution >= 4 is 11.8 Å². The predicted molar refractivity (Wildman–Crippen MR) is 80.7 cm³/mol. The number of rotatable bonds is 3. The Morgan fingerprint density at radius 2 is 2.22 bits per heavy atom. The van der Waals surface area contributed by atoms with Crippen molar-refractivity contribution in [2.75, 3.05) is 6.54 Å². The lowest BCUT2D eigenvalue weighted by Crippen LogP contribution is -2.46. The molecular formula is C16H20N4O3. The molecular weight excluding hydrogens is 296 g/mol. The molecule has 2 aliphatic rings. The topological polar surface area (TPSA) is 88.3 Å². The standard InChI is InChI=1S/C16H20N4O3/c1-11-17-15(23-19-11)10-20-9-3-2-4-13(16(20)22)18-14(21)8-7-12-5-6-12/h12-13H,2-6,9-10H2,1H3,(H,18,21). The lowest BCUT2D eigenvalue weighted by atomic mass is 10.1. The van der Waals surface area contributed by atoms with Crippen LogP contribution in [0.25, 0.3) is 0 Å². The molecule has 1 N–H and O–H groups in total. The van der Waals surface area contributed by atoms with Crippen LogP contribution in [0.2, 0.25) is 0 Å². The molecule has 0 radical (unpaired) electrons. The second-order valence-electron chi connectivity index (χ2n) is 6.06. The number of nitrogens with one attached hydrogen (secondary N) is 1. The van der Waals surface area contributed by atoms with E-state index >= 15 is 0 Å². The van der Waals surface area contributed by atoms with Crippen molar-refractivity contribution in [3.63, 3.8) is 0 Å². The lowest BCUT2D eigenvalue weighted by molar-refractivity contribution is -0.135. The maximum atomic E-state index is 12.6. The molecule has 1 saturated heterocycles. The SMILES string of the molecule is Cc1noc(CN2CCCCC(NC(=O)C#CC3CC3)C2=O)n1. The van der Waals surface area contributed by atoms with E-state index in [1.54, 1.807) is 11.8 Å². The van der Waals surface area contributed by atoms with Gasteiger partial charge in [-0.05, 0) is 44.9 Å². The van der Waals surface area contributed by atoms with E-state index in [9.17, 15) is 9.59 Å².